The fraction of sp³-hybridized carbons (Fsp3) is 0.867. The van der Waals surface area contributed by atoms with Crippen molar-refractivity contribution in [1.29, 1.82) is 0 Å². The average Bonchev–Trinajstić information content (AvgIpc) is 2.35. The molecule has 1 saturated heterocycles. The first-order chi connectivity index (χ1) is 9.04. The van der Waals surface area contributed by atoms with Crippen molar-refractivity contribution in [2.45, 2.75) is 47.5 Å². The van der Waals surface area contributed by atoms with E-state index >= 15 is 0 Å². The lowest BCUT2D eigenvalue weighted by Crippen LogP contribution is -2.50. The molecule has 0 aromatic heterocycles. The number of carbonyl (C=O) groups excluding carboxylic acids is 1. The van der Waals surface area contributed by atoms with Crippen molar-refractivity contribution in [3.05, 3.63) is 0 Å². The fourth-order valence-electron chi connectivity index (χ4n) is 2.38. The van der Waals surface area contributed by atoms with Crippen LogP contribution in [-0.2, 0) is 4.79 Å². The Morgan fingerprint density at radius 1 is 1.25 bits per heavy atom. The Balaban J connectivity index is 2.61. The quantitative estimate of drug-likeness (QED) is 0.837. The number of nitrogens with zero attached hydrogens (tertiary/aromatic N) is 1. The SMILES string of the molecule is CC(C)(C)CNC(=O)N1CCCC(C(C)(C)C(=O)O)C1. The normalized spacial score (nSPS) is 20.6. The number of piperidine rings is 1. The topological polar surface area (TPSA) is 69.6 Å². The first kappa shape index (κ1) is 16.8. The van der Waals surface area contributed by atoms with E-state index in [1.807, 2.05) is 0 Å². The Bertz CT molecular complexity index is 372. The third-order valence-electron chi connectivity index (χ3n) is 4.05. The fourth-order valence-corrected chi connectivity index (χ4v) is 2.38. The number of carbonyl (C=O) groups is 2. The molecule has 0 aromatic carbocycles. The molecule has 1 atom stereocenters. The molecule has 1 aliphatic heterocycles. The molecule has 5 heteroatoms. The summed E-state index contributed by atoms with van der Waals surface area (Å²) in [5.74, 6) is -0.784. The second-order valence-electron chi connectivity index (χ2n) is 7.53. The highest BCUT2D eigenvalue weighted by molar-refractivity contribution is 5.76. The molecular weight excluding hydrogens is 256 g/mol. The molecule has 0 radical (unpaired) electrons. The van der Waals surface area contributed by atoms with Gasteiger partial charge in [-0.1, -0.05) is 20.8 Å². The summed E-state index contributed by atoms with van der Waals surface area (Å²) in [7, 11) is 0. The van der Waals surface area contributed by atoms with E-state index in [4.69, 9.17) is 0 Å². The van der Waals surface area contributed by atoms with Crippen LogP contribution >= 0.6 is 0 Å². The Hall–Kier alpha value is -1.26. The number of nitrogens with one attached hydrogen (secondary N) is 1. The molecule has 0 spiro atoms. The molecule has 2 N–H and O–H groups in total. The predicted octanol–water partition coefficient (Wildman–Crippen LogP) is 2.56. The molecular formula is C15H28N2O3. The standard InChI is InChI=1S/C15H28N2O3/c1-14(2,3)10-16-13(20)17-8-6-7-11(9-17)15(4,5)12(18)19/h11H,6-10H2,1-5H3,(H,16,20)(H,18,19). The lowest BCUT2D eigenvalue weighted by Gasteiger charge is -2.39. The van der Waals surface area contributed by atoms with Gasteiger partial charge in [-0.25, -0.2) is 4.79 Å². The van der Waals surface area contributed by atoms with Crippen molar-refractivity contribution in [1.82, 2.24) is 10.2 Å². The van der Waals surface area contributed by atoms with E-state index in [-0.39, 0.29) is 17.4 Å². The van der Waals surface area contributed by atoms with Crippen molar-refractivity contribution in [3.8, 4) is 0 Å². The molecule has 0 aromatic rings. The van der Waals surface area contributed by atoms with Gasteiger partial charge in [-0.3, -0.25) is 4.79 Å². The van der Waals surface area contributed by atoms with E-state index in [1.54, 1.807) is 18.7 Å². The Labute approximate surface area is 121 Å². The van der Waals surface area contributed by atoms with Crippen LogP contribution in [0.25, 0.3) is 0 Å². The zero-order chi connectivity index (χ0) is 15.6. The number of carboxylic acid groups (broad SMARTS) is 1. The maximum Gasteiger partial charge on any atom is 0.317 e. The summed E-state index contributed by atoms with van der Waals surface area (Å²) in [6.07, 6.45) is 1.73. The predicted molar refractivity (Wildman–Crippen MR) is 78.6 cm³/mol. The summed E-state index contributed by atoms with van der Waals surface area (Å²) >= 11 is 0. The first-order valence-electron chi connectivity index (χ1n) is 7.30. The average molecular weight is 284 g/mol. The molecule has 0 saturated carbocycles. The monoisotopic (exact) mass is 284 g/mol. The molecule has 2 amide bonds. The second-order valence-corrected chi connectivity index (χ2v) is 7.53. The number of rotatable bonds is 3. The van der Waals surface area contributed by atoms with Crippen LogP contribution < -0.4 is 5.32 Å². The van der Waals surface area contributed by atoms with Gasteiger partial charge in [0.1, 0.15) is 0 Å². The van der Waals surface area contributed by atoms with Crippen LogP contribution in [0.3, 0.4) is 0 Å². The Kier molecular flexibility index (Phi) is 5.05. The number of carboxylic acids is 1. The van der Waals surface area contributed by atoms with E-state index < -0.39 is 11.4 Å². The lowest BCUT2D eigenvalue weighted by molar-refractivity contribution is -0.151. The van der Waals surface area contributed by atoms with Crippen LogP contribution in [0.15, 0.2) is 0 Å². The summed E-state index contributed by atoms with van der Waals surface area (Å²) in [5, 5.41) is 12.2. The van der Waals surface area contributed by atoms with Crippen LogP contribution in [0.1, 0.15) is 47.5 Å². The molecule has 1 unspecified atom stereocenters. The Morgan fingerprint density at radius 2 is 1.85 bits per heavy atom. The summed E-state index contributed by atoms with van der Waals surface area (Å²) in [6, 6.07) is -0.0780. The minimum atomic E-state index is -0.792. The highest BCUT2D eigenvalue weighted by Gasteiger charge is 2.40. The number of hydrogen-bond donors (Lipinski definition) is 2. The van der Waals surface area contributed by atoms with Gasteiger partial charge < -0.3 is 15.3 Å². The lowest BCUT2D eigenvalue weighted by atomic mass is 9.74. The van der Waals surface area contributed by atoms with Crippen LogP contribution in [0.4, 0.5) is 4.79 Å². The number of aliphatic carboxylic acids is 1. The molecule has 1 fully saturated rings. The van der Waals surface area contributed by atoms with E-state index in [2.05, 4.69) is 26.1 Å². The van der Waals surface area contributed by atoms with Crippen LogP contribution in [0.2, 0.25) is 0 Å². The molecule has 116 valence electrons. The van der Waals surface area contributed by atoms with Gasteiger partial charge in [-0.2, -0.15) is 0 Å². The zero-order valence-electron chi connectivity index (χ0n) is 13.3. The highest BCUT2D eigenvalue weighted by Crippen LogP contribution is 2.34. The van der Waals surface area contributed by atoms with Gasteiger partial charge in [0.2, 0.25) is 0 Å². The van der Waals surface area contributed by atoms with Crippen LogP contribution in [0.5, 0.6) is 0 Å². The number of urea groups is 1. The van der Waals surface area contributed by atoms with Gasteiger partial charge in [-0.05, 0) is 38.0 Å². The summed E-state index contributed by atoms with van der Waals surface area (Å²) < 4.78 is 0. The van der Waals surface area contributed by atoms with Gasteiger partial charge in [0.25, 0.3) is 0 Å². The van der Waals surface area contributed by atoms with Crippen molar-refractivity contribution in [2.24, 2.45) is 16.7 Å². The summed E-state index contributed by atoms with van der Waals surface area (Å²) in [4.78, 5) is 25.2. The van der Waals surface area contributed by atoms with Gasteiger partial charge in [0.15, 0.2) is 0 Å². The van der Waals surface area contributed by atoms with Crippen molar-refractivity contribution in [2.75, 3.05) is 19.6 Å². The molecule has 0 aliphatic carbocycles. The number of amides is 2. The van der Waals surface area contributed by atoms with Crippen molar-refractivity contribution < 1.29 is 14.7 Å². The van der Waals surface area contributed by atoms with Gasteiger partial charge in [-0.15, -0.1) is 0 Å². The van der Waals surface area contributed by atoms with Crippen LogP contribution in [0, 0.1) is 16.7 Å². The zero-order valence-corrected chi connectivity index (χ0v) is 13.3. The molecule has 5 nitrogen and oxygen atoms in total. The number of likely N-dealkylation sites (tertiary alicyclic amines) is 1. The third-order valence-corrected chi connectivity index (χ3v) is 4.05. The van der Waals surface area contributed by atoms with Gasteiger partial charge in [0.05, 0.1) is 5.41 Å². The highest BCUT2D eigenvalue weighted by atomic mass is 16.4. The Morgan fingerprint density at radius 3 is 2.35 bits per heavy atom. The first-order valence-corrected chi connectivity index (χ1v) is 7.30. The third kappa shape index (κ3) is 4.39. The van der Waals surface area contributed by atoms with Gasteiger partial charge in [0, 0.05) is 19.6 Å². The maximum absolute atomic E-state index is 12.2. The van der Waals surface area contributed by atoms with Crippen molar-refractivity contribution in [3.63, 3.8) is 0 Å². The minimum absolute atomic E-state index is 0.00846. The second kappa shape index (κ2) is 6.02. The largest absolute Gasteiger partial charge is 0.481 e. The minimum Gasteiger partial charge on any atom is -0.481 e. The van der Waals surface area contributed by atoms with E-state index in [0.29, 0.717) is 19.6 Å². The molecule has 1 aliphatic rings. The maximum atomic E-state index is 12.2. The van der Waals surface area contributed by atoms with Gasteiger partial charge >= 0.3 is 12.0 Å². The molecule has 1 heterocycles. The van der Waals surface area contributed by atoms with E-state index in [9.17, 15) is 14.7 Å². The van der Waals surface area contributed by atoms with E-state index in [0.717, 1.165) is 12.8 Å². The summed E-state index contributed by atoms with van der Waals surface area (Å²) in [6.45, 7) is 11.6. The summed E-state index contributed by atoms with van der Waals surface area (Å²) in [5.41, 5.74) is -0.742. The van der Waals surface area contributed by atoms with E-state index in [1.165, 1.54) is 0 Å². The molecule has 1 rings (SSSR count). The molecule has 20 heavy (non-hydrogen) atoms. The smallest absolute Gasteiger partial charge is 0.317 e. The number of hydrogen-bond acceptors (Lipinski definition) is 2. The molecule has 0 bridgehead atoms. The van der Waals surface area contributed by atoms with Crippen LogP contribution in [-0.4, -0.2) is 41.6 Å². The van der Waals surface area contributed by atoms with Crippen molar-refractivity contribution >= 4 is 12.0 Å².